The average molecular weight is 384 g/mol. The van der Waals surface area contributed by atoms with Crippen molar-refractivity contribution in [3.63, 3.8) is 0 Å². The first-order chi connectivity index (χ1) is 8.01. The molecule has 1 aromatic rings. The maximum Gasteiger partial charge on any atom is 0.244 e. The van der Waals surface area contributed by atoms with E-state index in [1.54, 1.807) is 18.2 Å². The van der Waals surface area contributed by atoms with Crippen LogP contribution in [0.15, 0.2) is 32.0 Å². The van der Waals surface area contributed by atoms with Crippen LogP contribution in [0, 0.1) is 0 Å². The minimum absolute atomic E-state index is 0.314. The van der Waals surface area contributed by atoms with Gasteiger partial charge in [0.2, 0.25) is 10.0 Å². The molecule has 0 spiro atoms. The van der Waals surface area contributed by atoms with Gasteiger partial charge in [-0.25, -0.2) is 8.42 Å². The molecule has 1 aliphatic rings. The second-order valence-electron chi connectivity index (χ2n) is 3.73. The molecule has 1 saturated heterocycles. The van der Waals surface area contributed by atoms with E-state index in [0.717, 1.165) is 4.47 Å². The molecule has 17 heavy (non-hydrogen) atoms. The van der Waals surface area contributed by atoms with E-state index in [1.807, 2.05) is 0 Å². The molecule has 1 aromatic carbocycles. The van der Waals surface area contributed by atoms with Crippen LogP contribution in [0.25, 0.3) is 0 Å². The third kappa shape index (κ3) is 2.90. The van der Waals surface area contributed by atoms with E-state index in [0.29, 0.717) is 35.5 Å². The molecule has 94 valence electrons. The van der Waals surface area contributed by atoms with Gasteiger partial charge in [-0.3, -0.25) is 0 Å². The summed E-state index contributed by atoms with van der Waals surface area (Å²) in [6, 6.07) is 5.17. The number of sulfonamides is 1. The Morgan fingerprint density at radius 1 is 1.18 bits per heavy atom. The fourth-order valence-electron chi connectivity index (χ4n) is 1.70. The molecule has 1 fully saturated rings. The third-order valence-electron chi connectivity index (χ3n) is 2.59. The summed E-state index contributed by atoms with van der Waals surface area (Å²) < 4.78 is 27.7. The van der Waals surface area contributed by atoms with Gasteiger partial charge in [0.25, 0.3) is 0 Å². The smallest absolute Gasteiger partial charge is 0.244 e. The van der Waals surface area contributed by atoms with Gasteiger partial charge in [0.1, 0.15) is 0 Å². The molecule has 0 atom stereocenters. The molecule has 7 heteroatoms. The summed E-state index contributed by atoms with van der Waals surface area (Å²) >= 11 is 6.59. The standard InChI is InChI=1S/C10H12Br2N2O2S/c11-8-1-2-9(12)10(7-8)17(15,16)14-5-3-13-4-6-14/h1-2,7,13H,3-6H2. The predicted octanol–water partition coefficient (Wildman–Crippen LogP) is 1.81. The van der Waals surface area contributed by atoms with Crippen LogP contribution in [-0.2, 0) is 10.0 Å². The van der Waals surface area contributed by atoms with Crippen LogP contribution >= 0.6 is 31.9 Å². The Morgan fingerprint density at radius 3 is 2.47 bits per heavy atom. The fourth-order valence-corrected chi connectivity index (χ4v) is 4.60. The van der Waals surface area contributed by atoms with Gasteiger partial charge in [-0.2, -0.15) is 4.31 Å². The Kier molecular flexibility index (Phi) is 4.25. The maximum absolute atomic E-state index is 12.4. The minimum atomic E-state index is -3.40. The number of benzene rings is 1. The van der Waals surface area contributed by atoms with Gasteiger partial charge in [-0.1, -0.05) is 15.9 Å². The average Bonchev–Trinajstić information content (AvgIpc) is 2.33. The molecule has 4 nitrogen and oxygen atoms in total. The number of nitrogens with one attached hydrogen (secondary N) is 1. The van der Waals surface area contributed by atoms with Crippen LogP contribution in [0.5, 0.6) is 0 Å². The Labute approximate surface area is 118 Å². The molecule has 1 heterocycles. The largest absolute Gasteiger partial charge is 0.314 e. The van der Waals surface area contributed by atoms with Gasteiger partial charge in [0.15, 0.2) is 0 Å². The van der Waals surface area contributed by atoms with Crippen molar-refractivity contribution < 1.29 is 8.42 Å². The van der Waals surface area contributed by atoms with Crippen LogP contribution in [0.3, 0.4) is 0 Å². The van der Waals surface area contributed by atoms with Crippen LogP contribution in [0.1, 0.15) is 0 Å². The highest BCUT2D eigenvalue weighted by molar-refractivity contribution is 9.11. The summed E-state index contributed by atoms with van der Waals surface area (Å²) in [7, 11) is -3.40. The number of piperazine rings is 1. The van der Waals surface area contributed by atoms with Crippen LogP contribution in [0.2, 0.25) is 0 Å². The number of halogens is 2. The van der Waals surface area contributed by atoms with Gasteiger partial charge < -0.3 is 5.32 Å². The lowest BCUT2D eigenvalue weighted by Crippen LogP contribution is -2.46. The van der Waals surface area contributed by atoms with Crippen molar-refractivity contribution in [2.45, 2.75) is 4.90 Å². The zero-order chi connectivity index (χ0) is 12.5. The number of hydrogen-bond donors (Lipinski definition) is 1. The normalized spacial score (nSPS) is 18.2. The van der Waals surface area contributed by atoms with E-state index in [-0.39, 0.29) is 0 Å². The molecule has 0 aliphatic carbocycles. The van der Waals surface area contributed by atoms with Gasteiger partial charge in [-0.15, -0.1) is 0 Å². The molecule has 2 rings (SSSR count). The Bertz CT molecular complexity index is 513. The molecule has 0 radical (unpaired) electrons. The summed E-state index contributed by atoms with van der Waals surface area (Å²) in [6.07, 6.45) is 0. The lowest BCUT2D eigenvalue weighted by Gasteiger charge is -2.27. The SMILES string of the molecule is O=S(=O)(c1cc(Br)ccc1Br)N1CCNCC1. The predicted molar refractivity (Wildman–Crippen MR) is 73.5 cm³/mol. The van der Waals surface area contributed by atoms with Crippen LogP contribution in [0.4, 0.5) is 0 Å². The van der Waals surface area contributed by atoms with E-state index in [4.69, 9.17) is 0 Å². The van der Waals surface area contributed by atoms with E-state index in [1.165, 1.54) is 4.31 Å². The topological polar surface area (TPSA) is 49.4 Å². The molecule has 0 unspecified atom stereocenters. The first kappa shape index (κ1) is 13.5. The van der Waals surface area contributed by atoms with Crippen LogP contribution in [-0.4, -0.2) is 38.9 Å². The van der Waals surface area contributed by atoms with Crippen LogP contribution < -0.4 is 5.32 Å². The second-order valence-corrected chi connectivity index (χ2v) is 7.41. The van der Waals surface area contributed by atoms with Gasteiger partial charge in [0, 0.05) is 35.1 Å². The van der Waals surface area contributed by atoms with Crippen molar-refractivity contribution in [2.75, 3.05) is 26.2 Å². The Morgan fingerprint density at radius 2 is 1.82 bits per heavy atom. The summed E-state index contributed by atoms with van der Waals surface area (Å²) in [5, 5.41) is 3.14. The number of nitrogens with zero attached hydrogens (tertiary/aromatic N) is 1. The fraction of sp³-hybridized carbons (Fsp3) is 0.400. The zero-order valence-corrected chi connectivity index (χ0v) is 13.0. The zero-order valence-electron chi connectivity index (χ0n) is 8.99. The van der Waals surface area contributed by atoms with Crippen molar-refractivity contribution in [3.8, 4) is 0 Å². The van der Waals surface area contributed by atoms with Crippen molar-refractivity contribution in [3.05, 3.63) is 27.1 Å². The Hall–Kier alpha value is 0.0500. The highest BCUT2D eigenvalue weighted by Gasteiger charge is 2.27. The van der Waals surface area contributed by atoms with Gasteiger partial charge in [0.05, 0.1) is 4.90 Å². The second kappa shape index (κ2) is 5.36. The molecule has 0 bridgehead atoms. The molecular formula is C10H12Br2N2O2S. The molecule has 1 N–H and O–H groups in total. The quantitative estimate of drug-likeness (QED) is 0.847. The summed E-state index contributed by atoms with van der Waals surface area (Å²) in [4.78, 5) is 0.314. The monoisotopic (exact) mass is 382 g/mol. The minimum Gasteiger partial charge on any atom is -0.314 e. The summed E-state index contributed by atoms with van der Waals surface area (Å²) in [5.74, 6) is 0. The van der Waals surface area contributed by atoms with Gasteiger partial charge >= 0.3 is 0 Å². The Balaban J connectivity index is 2.40. The lowest BCUT2D eigenvalue weighted by molar-refractivity contribution is 0.360. The summed E-state index contributed by atoms with van der Waals surface area (Å²) in [5.41, 5.74) is 0. The maximum atomic E-state index is 12.4. The molecule has 0 saturated carbocycles. The third-order valence-corrected chi connectivity index (χ3v) is 5.97. The molecule has 0 amide bonds. The van der Waals surface area contributed by atoms with Crippen molar-refractivity contribution in [1.29, 1.82) is 0 Å². The van der Waals surface area contributed by atoms with Crippen molar-refractivity contribution >= 4 is 41.9 Å². The molecule has 0 aromatic heterocycles. The molecular weight excluding hydrogens is 372 g/mol. The van der Waals surface area contributed by atoms with E-state index >= 15 is 0 Å². The lowest BCUT2D eigenvalue weighted by atomic mass is 10.4. The van der Waals surface area contributed by atoms with E-state index in [9.17, 15) is 8.42 Å². The number of rotatable bonds is 2. The van der Waals surface area contributed by atoms with E-state index in [2.05, 4.69) is 37.2 Å². The van der Waals surface area contributed by atoms with E-state index < -0.39 is 10.0 Å². The highest BCUT2D eigenvalue weighted by atomic mass is 79.9. The first-order valence-electron chi connectivity index (χ1n) is 5.18. The molecule has 1 aliphatic heterocycles. The number of hydrogen-bond acceptors (Lipinski definition) is 3. The van der Waals surface area contributed by atoms with Gasteiger partial charge in [-0.05, 0) is 34.1 Å². The van der Waals surface area contributed by atoms with Crippen molar-refractivity contribution in [1.82, 2.24) is 9.62 Å². The highest BCUT2D eigenvalue weighted by Crippen LogP contribution is 2.28. The first-order valence-corrected chi connectivity index (χ1v) is 8.20. The van der Waals surface area contributed by atoms with Crippen molar-refractivity contribution in [2.24, 2.45) is 0 Å². The summed E-state index contributed by atoms with van der Waals surface area (Å²) in [6.45, 7) is 2.43.